The molecule has 1 rings (SSSR count). The zero-order valence-corrected chi connectivity index (χ0v) is 9.93. The SMILES string of the molecule is CCC(Cl)c1noc(C(C)(C)CC)n1. The maximum absolute atomic E-state index is 6.01. The molecule has 1 heterocycles. The van der Waals surface area contributed by atoms with Gasteiger partial charge in [-0.1, -0.05) is 32.9 Å². The van der Waals surface area contributed by atoms with E-state index in [1.54, 1.807) is 0 Å². The summed E-state index contributed by atoms with van der Waals surface area (Å²) in [4.78, 5) is 4.31. The molecule has 0 aliphatic rings. The van der Waals surface area contributed by atoms with E-state index in [4.69, 9.17) is 16.1 Å². The number of rotatable bonds is 4. The molecule has 1 unspecified atom stereocenters. The van der Waals surface area contributed by atoms with Gasteiger partial charge in [0.1, 0.15) is 0 Å². The predicted octanol–water partition coefficient (Wildman–Crippen LogP) is 3.45. The normalized spacial score (nSPS) is 14.4. The van der Waals surface area contributed by atoms with Gasteiger partial charge in [-0.05, 0) is 12.8 Å². The minimum absolute atomic E-state index is 0.0599. The molecule has 0 radical (unpaired) electrons. The van der Waals surface area contributed by atoms with Gasteiger partial charge in [0.05, 0.1) is 5.38 Å². The number of halogens is 1. The van der Waals surface area contributed by atoms with Crippen molar-refractivity contribution in [3.05, 3.63) is 11.7 Å². The predicted molar refractivity (Wildman–Crippen MR) is 56.5 cm³/mol. The summed E-state index contributed by atoms with van der Waals surface area (Å²) >= 11 is 6.01. The fourth-order valence-electron chi connectivity index (χ4n) is 0.971. The first-order valence-corrected chi connectivity index (χ1v) is 5.43. The molecule has 1 aromatic rings. The highest BCUT2D eigenvalue weighted by molar-refractivity contribution is 6.20. The summed E-state index contributed by atoms with van der Waals surface area (Å²) in [5.41, 5.74) is -0.0599. The van der Waals surface area contributed by atoms with Gasteiger partial charge in [-0.3, -0.25) is 0 Å². The molecular weight excluding hydrogens is 200 g/mol. The highest BCUT2D eigenvalue weighted by Crippen LogP contribution is 2.28. The molecule has 14 heavy (non-hydrogen) atoms. The number of nitrogens with zero attached hydrogens (tertiary/aromatic N) is 2. The molecule has 0 saturated carbocycles. The van der Waals surface area contributed by atoms with Crippen molar-refractivity contribution < 1.29 is 4.52 Å². The maximum atomic E-state index is 6.01. The summed E-state index contributed by atoms with van der Waals surface area (Å²) in [6, 6.07) is 0. The van der Waals surface area contributed by atoms with Crippen molar-refractivity contribution in [2.24, 2.45) is 0 Å². The third-order valence-electron chi connectivity index (χ3n) is 2.54. The van der Waals surface area contributed by atoms with Gasteiger partial charge in [0, 0.05) is 5.41 Å². The lowest BCUT2D eigenvalue weighted by atomic mass is 9.90. The molecule has 80 valence electrons. The Morgan fingerprint density at radius 1 is 1.43 bits per heavy atom. The van der Waals surface area contributed by atoms with Gasteiger partial charge in [-0.15, -0.1) is 11.6 Å². The Labute approximate surface area is 89.8 Å². The van der Waals surface area contributed by atoms with Crippen LogP contribution in [0.5, 0.6) is 0 Å². The molecule has 0 spiro atoms. The van der Waals surface area contributed by atoms with E-state index in [0.717, 1.165) is 12.8 Å². The number of aromatic nitrogens is 2. The van der Waals surface area contributed by atoms with Gasteiger partial charge in [0.25, 0.3) is 0 Å². The lowest BCUT2D eigenvalue weighted by Crippen LogP contribution is -2.15. The Kier molecular flexibility index (Phi) is 3.53. The van der Waals surface area contributed by atoms with Crippen LogP contribution in [0.25, 0.3) is 0 Å². The topological polar surface area (TPSA) is 38.9 Å². The lowest BCUT2D eigenvalue weighted by molar-refractivity contribution is 0.299. The molecule has 1 atom stereocenters. The lowest BCUT2D eigenvalue weighted by Gasteiger charge is -2.15. The first-order valence-electron chi connectivity index (χ1n) is 4.99. The average Bonchev–Trinajstić information content (AvgIpc) is 2.66. The van der Waals surface area contributed by atoms with Crippen molar-refractivity contribution in [3.63, 3.8) is 0 Å². The average molecular weight is 217 g/mol. The van der Waals surface area contributed by atoms with Crippen molar-refractivity contribution >= 4 is 11.6 Å². The molecule has 0 aliphatic heterocycles. The van der Waals surface area contributed by atoms with Crippen LogP contribution in [-0.4, -0.2) is 10.1 Å². The van der Waals surface area contributed by atoms with Crippen LogP contribution in [0.4, 0.5) is 0 Å². The summed E-state index contributed by atoms with van der Waals surface area (Å²) < 4.78 is 5.20. The van der Waals surface area contributed by atoms with E-state index in [9.17, 15) is 0 Å². The zero-order valence-electron chi connectivity index (χ0n) is 9.17. The van der Waals surface area contributed by atoms with Crippen LogP contribution in [0.1, 0.15) is 57.6 Å². The van der Waals surface area contributed by atoms with Gasteiger partial charge in [0.15, 0.2) is 5.82 Å². The first kappa shape index (κ1) is 11.5. The Bertz CT molecular complexity index is 296. The molecule has 0 aromatic carbocycles. The van der Waals surface area contributed by atoms with E-state index in [2.05, 4.69) is 30.9 Å². The van der Waals surface area contributed by atoms with Crippen LogP contribution >= 0.6 is 11.6 Å². The highest BCUT2D eigenvalue weighted by Gasteiger charge is 2.26. The second-order valence-corrected chi connectivity index (χ2v) is 4.60. The second-order valence-electron chi connectivity index (χ2n) is 4.07. The number of hydrogen-bond acceptors (Lipinski definition) is 3. The van der Waals surface area contributed by atoms with Crippen LogP contribution in [-0.2, 0) is 5.41 Å². The van der Waals surface area contributed by atoms with Crippen molar-refractivity contribution in [2.75, 3.05) is 0 Å². The third-order valence-corrected chi connectivity index (χ3v) is 3.05. The molecule has 3 nitrogen and oxygen atoms in total. The third kappa shape index (κ3) is 2.27. The van der Waals surface area contributed by atoms with Crippen molar-refractivity contribution in [3.8, 4) is 0 Å². The molecule has 0 fully saturated rings. The van der Waals surface area contributed by atoms with E-state index >= 15 is 0 Å². The summed E-state index contributed by atoms with van der Waals surface area (Å²) in [6.45, 7) is 8.26. The fourth-order valence-corrected chi connectivity index (χ4v) is 1.06. The van der Waals surface area contributed by atoms with Crippen LogP contribution in [0, 0.1) is 0 Å². The van der Waals surface area contributed by atoms with E-state index < -0.39 is 0 Å². The minimum atomic E-state index is -0.139. The van der Waals surface area contributed by atoms with Crippen LogP contribution in [0.15, 0.2) is 4.52 Å². The molecule has 0 bridgehead atoms. The summed E-state index contributed by atoms with van der Waals surface area (Å²) in [6.07, 6.45) is 1.78. The quantitative estimate of drug-likeness (QED) is 0.724. The smallest absolute Gasteiger partial charge is 0.232 e. The molecule has 0 aliphatic carbocycles. The van der Waals surface area contributed by atoms with Crippen LogP contribution < -0.4 is 0 Å². The van der Waals surface area contributed by atoms with E-state index in [1.807, 2.05) is 6.92 Å². The maximum Gasteiger partial charge on any atom is 0.232 e. The van der Waals surface area contributed by atoms with Gasteiger partial charge >= 0.3 is 0 Å². The Hall–Kier alpha value is -0.570. The standard InChI is InChI=1S/C10H17ClN2O/c1-5-7(11)8-12-9(14-13-8)10(3,4)6-2/h7H,5-6H2,1-4H3. The Morgan fingerprint density at radius 3 is 2.57 bits per heavy atom. The van der Waals surface area contributed by atoms with Crippen LogP contribution in [0.3, 0.4) is 0 Å². The molecule has 0 amide bonds. The van der Waals surface area contributed by atoms with E-state index in [-0.39, 0.29) is 10.8 Å². The Morgan fingerprint density at radius 2 is 2.07 bits per heavy atom. The van der Waals surface area contributed by atoms with E-state index in [1.165, 1.54) is 0 Å². The minimum Gasteiger partial charge on any atom is -0.339 e. The molecule has 1 aromatic heterocycles. The largest absolute Gasteiger partial charge is 0.339 e. The monoisotopic (exact) mass is 216 g/mol. The molecule has 4 heteroatoms. The highest BCUT2D eigenvalue weighted by atomic mass is 35.5. The number of alkyl halides is 1. The Balaban J connectivity index is 2.88. The van der Waals surface area contributed by atoms with E-state index in [0.29, 0.717) is 11.7 Å². The van der Waals surface area contributed by atoms with Gasteiger partial charge in [-0.25, -0.2) is 0 Å². The van der Waals surface area contributed by atoms with Crippen molar-refractivity contribution in [1.82, 2.24) is 10.1 Å². The molecule has 0 saturated heterocycles. The molecular formula is C10H17ClN2O. The van der Waals surface area contributed by atoms with Gasteiger partial charge in [-0.2, -0.15) is 4.98 Å². The second kappa shape index (κ2) is 4.30. The number of hydrogen-bond donors (Lipinski definition) is 0. The van der Waals surface area contributed by atoms with Gasteiger partial charge in [0.2, 0.25) is 5.89 Å². The van der Waals surface area contributed by atoms with Crippen LogP contribution in [0.2, 0.25) is 0 Å². The summed E-state index contributed by atoms with van der Waals surface area (Å²) in [5, 5.41) is 3.74. The van der Waals surface area contributed by atoms with Crippen molar-refractivity contribution in [1.29, 1.82) is 0 Å². The zero-order chi connectivity index (χ0) is 10.8. The first-order chi connectivity index (χ1) is 6.51. The summed E-state index contributed by atoms with van der Waals surface area (Å²) in [7, 11) is 0. The fraction of sp³-hybridized carbons (Fsp3) is 0.800. The van der Waals surface area contributed by atoms with Crippen molar-refractivity contribution in [2.45, 2.75) is 51.3 Å². The van der Waals surface area contributed by atoms with Gasteiger partial charge < -0.3 is 4.52 Å². The summed E-state index contributed by atoms with van der Waals surface area (Å²) in [5.74, 6) is 1.28. The molecule has 0 N–H and O–H groups in total.